The molecule has 0 radical (unpaired) electrons. The van der Waals surface area contributed by atoms with Gasteiger partial charge in [-0.15, -0.1) is 11.3 Å². The van der Waals surface area contributed by atoms with Crippen molar-refractivity contribution < 1.29 is 4.42 Å². The van der Waals surface area contributed by atoms with Crippen LogP contribution in [0.2, 0.25) is 0 Å². The van der Waals surface area contributed by atoms with Crippen molar-refractivity contribution in [3.8, 4) is 0 Å². The Kier molecular flexibility index (Phi) is 2.93. The SMILES string of the molecule is In1c2cccc3c4sc5ccccc5c4n4c5c6ccccc6oc5c5ccc1c(c32)c54. The van der Waals surface area contributed by atoms with Gasteiger partial charge in [0, 0.05) is 37.0 Å². The number of fused-ring (bicyclic) bond motifs is 10. The number of hydrogen-bond donors (Lipinski definition) is 0. The standard InChI is InChI=1S/C28H13IN2OS/c29-31-18-9-5-8-16-22(18)23-19(31)13-12-17-24(23)30(25-14-6-1-3-10-20(14)32-27(17)25)26-15-7-2-4-11-21(15)33-28(16)26/h1-13H. The first-order chi connectivity index (χ1) is 16.3. The minimum absolute atomic E-state index is 0.938. The topological polar surface area (TPSA) is 22.5 Å². The van der Waals surface area contributed by atoms with Gasteiger partial charge in [0.25, 0.3) is 0 Å². The molecule has 9 rings (SSSR count). The number of para-hydroxylation sites is 1. The lowest BCUT2D eigenvalue weighted by Crippen LogP contribution is -1.85. The molecule has 0 bridgehead atoms. The van der Waals surface area contributed by atoms with E-state index in [1.165, 1.54) is 63.9 Å². The zero-order valence-electron chi connectivity index (χ0n) is 17.1. The van der Waals surface area contributed by atoms with Crippen LogP contribution in [0.1, 0.15) is 0 Å². The maximum Gasteiger partial charge on any atom is 0.161 e. The fraction of sp³-hybridized carbons (Fsp3) is 0. The summed E-state index contributed by atoms with van der Waals surface area (Å²) in [6, 6.07) is 28.4. The highest BCUT2D eigenvalue weighted by molar-refractivity contribution is 14.1. The Labute approximate surface area is 204 Å². The highest BCUT2D eigenvalue weighted by Crippen LogP contribution is 2.49. The molecule has 0 spiro atoms. The third-order valence-corrected chi connectivity index (χ3v) is 9.40. The molecule has 0 aliphatic rings. The van der Waals surface area contributed by atoms with E-state index in [1.54, 1.807) is 0 Å². The van der Waals surface area contributed by atoms with Gasteiger partial charge in [0.2, 0.25) is 0 Å². The van der Waals surface area contributed by atoms with E-state index in [4.69, 9.17) is 4.42 Å². The van der Waals surface area contributed by atoms with Crippen molar-refractivity contribution >= 4 is 115 Å². The van der Waals surface area contributed by atoms with E-state index >= 15 is 0 Å². The lowest BCUT2D eigenvalue weighted by Gasteiger charge is -2.01. The molecule has 5 heterocycles. The summed E-state index contributed by atoms with van der Waals surface area (Å²) in [6.45, 7) is 0. The van der Waals surface area contributed by atoms with Crippen molar-refractivity contribution in [1.82, 2.24) is 7.18 Å². The number of rotatable bonds is 0. The third-order valence-electron chi connectivity index (χ3n) is 7.17. The molecule has 0 saturated carbocycles. The summed E-state index contributed by atoms with van der Waals surface area (Å²) in [5.74, 6) is 0. The summed E-state index contributed by atoms with van der Waals surface area (Å²) in [7, 11) is 0. The quantitative estimate of drug-likeness (QED) is 0.172. The first-order valence-corrected chi connectivity index (χ1v) is 12.7. The Balaban J connectivity index is 1.82. The molecule has 0 unspecified atom stereocenters. The van der Waals surface area contributed by atoms with Crippen LogP contribution < -0.4 is 0 Å². The lowest BCUT2D eigenvalue weighted by atomic mass is 10.1. The van der Waals surface area contributed by atoms with Crippen LogP contribution in [0.5, 0.6) is 0 Å². The Morgan fingerprint density at radius 3 is 2.36 bits per heavy atom. The molecule has 4 aromatic carbocycles. The zero-order valence-corrected chi connectivity index (χ0v) is 20.1. The van der Waals surface area contributed by atoms with E-state index < -0.39 is 0 Å². The Morgan fingerprint density at radius 1 is 0.636 bits per heavy atom. The van der Waals surface area contributed by atoms with Crippen molar-refractivity contribution in [2.75, 3.05) is 0 Å². The molecule has 0 aliphatic carbocycles. The maximum absolute atomic E-state index is 6.51. The van der Waals surface area contributed by atoms with Gasteiger partial charge in [-0.25, -0.2) is 0 Å². The Bertz CT molecular complexity index is 2260. The summed E-state index contributed by atoms with van der Waals surface area (Å²) in [6.07, 6.45) is 0. The zero-order chi connectivity index (χ0) is 21.4. The van der Waals surface area contributed by atoms with Gasteiger partial charge in [-0.05, 0) is 36.4 Å². The lowest BCUT2D eigenvalue weighted by molar-refractivity contribution is 0.673. The average molecular weight is 552 g/mol. The van der Waals surface area contributed by atoms with Crippen molar-refractivity contribution in [2.24, 2.45) is 0 Å². The van der Waals surface area contributed by atoms with Gasteiger partial charge < -0.3 is 8.82 Å². The van der Waals surface area contributed by atoms with Crippen molar-refractivity contribution in [3.63, 3.8) is 0 Å². The van der Waals surface area contributed by atoms with Crippen LogP contribution in [0.4, 0.5) is 0 Å². The molecule has 0 atom stereocenters. The van der Waals surface area contributed by atoms with Gasteiger partial charge in [-0.1, -0.05) is 42.5 Å². The summed E-state index contributed by atoms with van der Waals surface area (Å²) in [5, 5.41) is 7.60. The van der Waals surface area contributed by atoms with E-state index in [1.807, 2.05) is 11.3 Å². The second-order valence-corrected chi connectivity index (χ2v) is 10.7. The monoisotopic (exact) mass is 552 g/mol. The van der Waals surface area contributed by atoms with Crippen molar-refractivity contribution in [3.05, 3.63) is 78.9 Å². The van der Waals surface area contributed by atoms with Crippen LogP contribution >= 0.6 is 34.2 Å². The molecule has 0 aliphatic heterocycles. The number of halogens is 1. The normalized spacial score (nSPS) is 13.0. The minimum Gasteiger partial charge on any atom is -0.454 e. The largest absolute Gasteiger partial charge is 0.454 e. The molecule has 0 fully saturated rings. The molecule has 5 heteroatoms. The Morgan fingerprint density at radius 2 is 1.42 bits per heavy atom. The fourth-order valence-electron chi connectivity index (χ4n) is 5.90. The predicted molar refractivity (Wildman–Crippen MR) is 149 cm³/mol. The number of aromatic nitrogens is 2. The van der Waals surface area contributed by atoms with E-state index in [0.29, 0.717) is 0 Å². The first-order valence-electron chi connectivity index (χ1n) is 10.9. The van der Waals surface area contributed by atoms with Gasteiger partial charge in [0.05, 0.1) is 49.6 Å². The van der Waals surface area contributed by atoms with E-state index in [9.17, 15) is 0 Å². The summed E-state index contributed by atoms with van der Waals surface area (Å²) < 4.78 is 14.0. The summed E-state index contributed by atoms with van der Waals surface area (Å²) in [5.41, 5.74) is 8.11. The molecule has 5 aromatic heterocycles. The molecule has 0 amide bonds. The minimum atomic E-state index is 0.938. The first kappa shape index (κ1) is 17.2. The number of thiophene rings is 1. The van der Waals surface area contributed by atoms with Crippen LogP contribution in [0.25, 0.3) is 80.5 Å². The van der Waals surface area contributed by atoms with Crippen LogP contribution in [-0.4, -0.2) is 7.18 Å². The van der Waals surface area contributed by atoms with Crippen LogP contribution in [0.3, 0.4) is 0 Å². The van der Waals surface area contributed by atoms with E-state index in [0.717, 1.165) is 16.6 Å². The summed E-state index contributed by atoms with van der Waals surface area (Å²) >= 11 is 4.34. The second-order valence-electron chi connectivity index (χ2n) is 8.72. The number of furan rings is 1. The number of benzene rings is 4. The average Bonchev–Trinajstić information content (AvgIpc) is 3.55. The molecular formula is C28H13IN2OS. The highest BCUT2D eigenvalue weighted by atomic mass is 127. The summed E-state index contributed by atoms with van der Waals surface area (Å²) in [4.78, 5) is 0. The maximum atomic E-state index is 6.51. The van der Waals surface area contributed by atoms with Gasteiger partial charge in [-0.2, -0.15) is 0 Å². The molecule has 9 aromatic rings. The van der Waals surface area contributed by atoms with E-state index in [2.05, 4.69) is 109 Å². The van der Waals surface area contributed by atoms with Gasteiger partial charge in [0.1, 0.15) is 11.1 Å². The smallest absolute Gasteiger partial charge is 0.161 e. The van der Waals surface area contributed by atoms with E-state index in [-0.39, 0.29) is 0 Å². The highest BCUT2D eigenvalue weighted by Gasteiger charge is 2.26. The Hall–Kier alpha value is -3.29. The predicted octanol–water partition coefficient (Wildman–Crippen LogP) is 9.10. The van der Waals surface area contributed by atoms with Gasteiger partial charge >= 0.3 is 0 Å². The van der Waals surface area contributed by atoms with Crippen molar-refractivity contribution in [1.29, 1.82) is 0 Å². The van der Waals surface area contributed by atoms with Gasteiger partial charge in [-0.3, -0.25) is 2.78 Å². The van der Waals surface area contributed by atoms with Crippen LogP contribution in [0.15, 0.2) is 83.3 Å². The molecule has 3 nitrogen and oxygen atoms in total. The van der Waals surface area contributed by atoms with Crippen LogP contribution in [0, 0.1) is 0 Å². The second kappa shape index (κ2) is 5.61. The van der Waals surface area contributed by atoms with Gasteiger partial charge in [0.15, 0.2) is 5.58 Å². The number of hydrogen-bond acceptors (Lipinski definition) is 2. The molecule has 154 valence electrons. The van der Waals surface area contributed by atoms with Crippen molar-refractivity contribution in [2.45, 2.75) is 0 Å². The van der Waals surface area contributed by atoms with Crippen LogP contribution in [-0.2, 0) is 0 Å². The molecular weight excluding hydrogens is 539 g/mol. The molecule has 0 N–H and O–H groups in total. The fourth-order valence-corrected chi connectivity index (χ4v) is 7.92. The number of nitrogens with zero attached hydrogens (tertiary/aromatic N) is 2. The molecule has 33 heavy (non-hydrogen) atoms. The molecule has 0 saturated heterocycles. The third kappa shape index (κ3) is 1.83.